The third-order valence-electron chi connectivity index (χ3n) is 3.06. The van der Waals surface area contributed by atoms with Crippen molar-refractivity contribution in [2.75, 3.05) is 32.4 Å². The molecule has 110 valence electrons. The second-order valence-corrected chi connectivity index (χ2v) is 4.47. The van der Waals surface area contributed by atoms with Gasteiger partial charge in [0.1, 0.15) is 5.82 Å². The van der Waals surface area contributed by atoms with Crippen molar-refractivity contribution in [3.63, 3.8) is 0 Å². The summed E-state index contributed by atoms with van der Waals surface area (Å²) >= 11 is 0. The Hall–Kier alpha value is -2.11. The molecule has 0 saturated carbocycles. The van der Waals surface area contributed by atoms with Gasteiger partial charge in [0.2, 0.25) is 5.91 Å². The van der Waals surface area contributed by atoms with E-state index in [4.69, 9.17) is 5.73 Å². The summed E-state index contributed by atoms with van der Waals surface area (Å²) < 4.78 is 13.6. The lowest BCUT2D eigenvalue weighted by Gasteiger charge is -2.23. The highest BCUT2D eigenvalue weighted by atomic mass is 19.1. The van der Waals surface area contributed by atoms with Crippen LogP contribution in [0.4, 0.5) is 10.1 Å². The zero-order valence-electron chi connectivity index (χ0n) is 12.0. The molecule has 0 aliphatic heterocycles. The van der Waals surface area contributed by atoms with Crippen molar-refractivity contribution in [1.82, 2.24) is 9.80 Å². The maximum Gasteiger partial charge on any atom is 0.257 e. The molecule has 1 rings (SSSR count). The van der Waals surface area contributed by atoms with Crippen LogP contribution in [0.15, 0.2) is 18.2 Å². The van der Waals surface area contributed by atoms with Gasteiger partial charge in [-0.3, -0.25) is 9.59 Å². The lowest BCUT2D eigenvalue weighted by Crippen LogP contribution is -2.41. The fourth-order valence-electron chi connectivity index (χ4n) is 1.86. The average molecular weight is 281 g/mol. The first-order valence-electron chi connectivity index (χ1n) is 6.48. The quantitative estimate of drug-likeness (QED) is 0.828. The Morgan fingerprint density at radius 3 is 2.40 bits per heavy atom. The zero-order chi connectivity index (χ0) is 15.3. The number of anilines is 1. The first kappa shape index (κ1) is 15.9. The molecule has 0 aliphatic carbocycles. The first-order chi connectivity index (χ1) is 9.40. The Morgan fingerprint density at radius 2 is 1.85 bits per heavy atom. The Labute approximate surface area is 118 Å². The van der Waals surface area contributed by atoms with E-state index in [0.29, 0.717) is 18.8 Å². The summed E-state index contributed by atoms with van der Waals surface area (Å²) in [4.78, 5) is 26.8. The number of nitrogen functional groups attached to an aromatic ring is 1. The lowest BCUT2D eigenvalue weighted by atomic mass is 10.1. The highest BCUT2D eigenvalue weighted by Gasteiger charge is 2.20. The van der Waals surface area contributed by atoms with Gasteiger partial charge in [0.05, 0.1) is 12.1 Å². The second-order valence-electron chi connectivity index (χ2n) is 4.47. The Bertz CT molecular complexity index is 501. The van der Waals surface area contributed by atoms with Crippen molar-refractivity contribution in [1.29, 1.82) is 0 Å². The molecule has 0 aliphatic rings. The standard InChI is InChI=1S/C14H20FN3O2/c1-4-18(5-2)13(19)9-17(3)14(20)11-8-10(16)6-7-12(11)15/h6-8H,4-5,9,16H2,1-3H3. The number of amides is 2. The van der Waals surface area contributed by atoms with Crippen LogP contribution < -0.4 is 5.73 Å². The molecule has 6 heteroatoms. The number of hydrogen-bond acceptors (Lipinski definition) is 3. The maximum absolute atomic E-state index is 13.6. The fourth-order valence-corrected chi connectivity index (χ4v) is 1.86. The number of nitrogens with zero attached hydrogens (tertiary/aromatic N) is 2. The summed E-state index contributed by atoms with van der Waals surface area (Å²) in [5, 5.41) is 0. The molecule has 0 radical (unpaired) electrons. The lowest BCUT2D eigenvalue weighted by molar-refractivity contribution is -0.131. The minimum Gasteiger partial charge on any atom is -0.399 e. The van der Waals surface area contributed by atoms with Crippen molar-refractivity contribution in [2.24, 2.45) is 0 Å². The molecule has 1 aromatic carbocycles. The first-order valence-corrected chi connectivity index (χ1v) is 6.48. The van der Waals surface area contributed by atoms with Crippen molar-refractivity contribution in [2.45, 2.75) is 13.8 Å². The molecule has 5 nitrogen and oxygen atoms in total. The number of halogens is 1. The summed E-state index contributed by atoms with van der Waals surface area (Å²) in [6.45, 7) is 4.78. The van der Waals surface area contributed by atoms with Crippen molar-refractivity contribution in [3.05, 3.63) is 29.6 Å². The van der Waals surface area contributed by atoms with Crippen LogP contribution in [0.2, 0.25) is 0 Å². The van der Waals surface area contributed by atoms with Gasteiger partial charge in [-0.2, -0.15) is 0 Å². The second kappa shape index (κ2) is 6.88. The van der Waals surface area contributed by atoms with Crippen LogP contribution in [-0.4, -0.2) is 48.3 Å². The topological polar surface area (TPSA) is 66.6 Å². The van der Waals surface area contributed by atoms with E-state index in [1.54, 1.807) is 4.90 Å². The highest BCUT2D eigenvalue weighted by molar-refractivity contribution is 5.97. The van der Waals surface area contributed by atoms with E-state index in [2.05, 4.69) is 0 Å². The van der Waals surface area contributed by atoms with Crippen LogP contribution in [0.25, 0.3) is 0 Å². The Balaban J connectivity index is 2.82. The summed E-state index contributed by atoms with van der Waals surface area (Å²) in [5.41, 5.74) is 5.72. The third-order valence-corrected chi connectivity index (χ3v) is 3.06. The number of benzene rings is 1. The molecule has 2 N–H and O–H groups in total. The molecule has 0 unspecified atom stereocenters. The molecule has 0 atom stereocenters. The van der Waals surface area contributed by atoms with E-state index in [0.717, 1.165) is 6.07 Å². The number of carbonyl (C=O) groups is 2. The van der Waals surface area contributed by atoms with Gasteiger partial charge in [-0.1, -0.05) is 0 Å². The summed E-state index contributed by atoms with van der Waals surface area (Å²) in [7, 11) is 1.46. The molecular formula is C14H20FN3O2. The van der Waals surface area contributed by atoms with Gasteiger partial charge in [0, 0.05) is 25.8 Å². The molecule has 2 amide bonds. The molecule has 0 spiro atoms. The largest absolute Gasteiger partial charge is 0.399 e. The Kier molecular flexibility index (Phi) is 5.49. The zero-order valence-corrected chi connectivity index (χ0v) is 12.0. The Morgan fingerprint density at radius 1 is 1.25 bits per heavy atom. The van der Waals surface area contributed by atoms with E-state index in [1.807, 2.05) is 13.8 Å². The maximum atomic E-state index is 13.6. The minimum absolute atomic E-state index is 0.0885. The molecular weight excluding hydrogens is 261 g/mol. The number of hydrogen-bond donors (Lipinski definition) is 1. The van der Waals surface area contributed by atoms with Gasteiger partial charge in [-0.15, -0.1) is 0 Å². The monoisotopic (exact) mass is 281 g/mol. The predicted octanol–water partition coefficient (Wildman–Crippen LogP) is 1.35. The third kappa shape index (κ3) is 3.69. The van der Waals surface area contributed by atoms with E-state index < -0.39 is 11.7 Å². The molecule has 0 bridgehead atoms. The fraction of sp³-hybridized carbons (Fsp3) is 0.429. The molecule has 1 aromatic rings. The van der Waals surface area contributed by atoms with Gasteiger partial charge in [0.25, 0.3) is 5.91 Å². The number of carbonyl (C=O) groups excluding carboxylic acids is 2. The van der Waals surface area contributed by atoms with Crippen LogP contribution in [0.3, 0.4) is 0 Å². The van der Waals surface area contributed by atoms with E-state index in [9.17, 15) is 14.0 Å². The molecule has 0 heterocycles. The predicted molar refractivity (Wildman–Crippen MR) is 75.7 cm³/mol. The van der Waals surface area contributed by atoms with Gasteiger partial charge in [0.15, 0.2) is 0 Å². The summed E-state index contributed by atoms with van der Waals surface area (Å²) in [6, 6.07) is 3.80. The number of rotatable bonds is 5. The van der Waals surface area contributed by atoms with Crippen LogP contribution in [0, 0.1) is 5.82 Å². The molecule has 0 saturated heterocycles. The van der Waals surface area contributed by atoms with Gasteiger partial charge >= 0.3 is 0 Å². The van der Waals surface area contributed by atoms with E-state index in [-0.39, 0.29) is 18.0 Å². The van der Waals surface area contributed by atoms with E-state index >= 15 is 0 Å². The average Bonchev–Trinajstić information content (AvgIpc) is 2.42. The van der Waals surface area contributed by atoms with Gasteiger partial charge < -0.3 is 15.5 Å². The van der Waals surface area contributed by atoms with Crippen molar-refractivity contribution >= 4 is 17.5 Å². The number of nitrogens with two attached hydrogens (primary N) is 1. The number of likely N-dealkylation sites (N-methyl/N-ethyl adjacent to an activating group) is 2. The smallest absolute Gasteiger partial charge is 0.257 e. The van der Waals surface area contributed by atoms with Gasteiger partial charge in [-0.25, -0.2) is 4.39 Å². The highest BCUT2D eigenvalue weighted by Crippen LogP contribution is 2.14. The minimum atomic E-state index is -0.647. The van der Waals surface area contributed by atoms with Crippen molar-refractivity contribution in [3.8, 4) is 0 Å². The molecule has 20 heavy (non-hydrogen) atoms. The molecule has 0 aromatic heterocycles. The van der Waals surface area contributed by atoms with E-state index in [1.165, 1.54) is 24.1 Å². The van der Waals surface area contributed by atoms with Crippen LogP contribution in [0.1, 0.15) is 24.2 Å². The van der Waals surface area contributed by atoms with Crippen molar-refractivity contribution < 1.29 is 14.0 Å². The SMILES string of the molecule is CCN(CC)C(=O)CN(C)C(=O)c1cc(N)ccc1F. The van der Waals surface area contributed by atoms with Crippen LogP contribution in [-0.2, 0) is 4.79 Å². The normalized spacial score (nSPS) is 10.2. The van der Waals surface area contributed by atoms with Crippen LogP contribution >= 0.6 is 0 Å². The summed E-state index contributed by atoms with van der Waals surface area (Å²) in [5.74, 6) is -1.38. The van der Waals surface area contributed by atoms with Gasteiger partial charge in [-0.05, 0) is 32.0 Å². The van der Waals surface area contributed by atoms with Crippen LogP contribution in [0.5, 0.6) is 0 Å². The summed E-state index contributed by atoms with van der Waals surface area (Å²) in [6.07, 6.45) is 0. The molecule has 0 fully saturated rings.